The van der Waals surface area contributed by atoms with Crippen LogP contribution in [-0.2, 0) is 0 Å². The van der Waals surface area contributed by atoms with Crippen molar-refractivity contribution in [2.75, 3.05) is 0 Å². The second-order valence-electron chi connectivity index (χ2n) is 6.82. The van der Waals surface area contributed by atoms with Gasteiger partial charge in [-0.3, -0.25) is 0 Å². The number of hydrogen-bond donors (Lipinski definition) is 1. The van der Waals surface area contributed by atoms with Crippen LogP contribution in [0.15, 0.2) is 94.5 Å². The van der Waals surface area contributed by atoms with Crippen molar-refractivity contribution in [3.63, 3.8) is 0 Å². The summed E-state index contributed by atoms with van der Waals surface area (Å²) in [4.78, 5) is 8.20. The second kappa shape index (κ2) is 8.12. The Morgan fingerprint density at radius 3 is 2.52 bits per heavy atom. The third kappa shape index (κ3) is 3.83. The summed E-state index contributed by atoms with van der Waals surface area (Å²) in [5.41, 5.74) is 3.66. The summed E-state index contributed by atoms with van der Waals surface area (Å²) < 4.78 is 29.3. The topological polar surface area (TPSA) is 45.4 Å². The van der Waals surface area contributed by atoms with Gasteiger partial charge < -0.3 is 4.98 Å². The second-order valence-corrected chi connectivity index (χ2v) is 7.66. The third-order valence-corrected chi connectivity index (χ3v) is 5.64. The largest absolute Gasteiger partial charge is 0.361 e. The molecule has 2 heterocycles. The van der Waals surface area contributed by atoms with Crippen LogP contribution in [0.25, 0.3) is 22.2 Å². The first kappa shape index (κ1) is 19.1. The van der Waals surface area contributed by atoms with Gasteiger partial charge in [0.1, 0.15) is 17.3 Å². The smallest absolute Gasteiger partial charge is 0.211 e. The summed E-state index contributed by atoms with van der Waals surface area (Å²) in [7, 11) is 0. The fraction of sp³-hybridized carbons (Fsp3) is 0. The van der Waals surface area contributed by atoms with Gasteiger partial charge in [-0.1, -0.05) is 30.3 Å². The molecule has 0 aliphatic heterocycles. The summed E-state index contributed by atoms with van der Waals surface area (Å²) in [6.45, 7) is 0. The van der Waals surface area contributed by atoms with Crippen molar-refractivity contribution in [2.45, 2.75) is 0 Å². The number of nitrogens with one attached hydrogen (secondary N) is 1. The van der Waals surface area contributed by atoms with Crippen LogP contribution in [0.4, 0.5) is 14.5 Å². The molecule has 0 fully saturated rings. The van der Waals surface area contributed by atoms with Crippen LogP contribution in [-0.4, -0.2) is 15.9 Å². The van der Waals surface area contributed by atoms with Gasteiger partial charge in [-0.15, -0.1) is 11.3 Å². The van der Waals surface area contributed by atoms with Crippen LogP contribution in [0, 0.1) is 11.6 Å². The van der Waals surface area contributed by atoms with Crippen LogP contribution in [0.2, 0.25) is 0 Å². The first-order chi connectivity index (χ1) is 15.2. The SMILES string of the molecule is Fc1ccc(-c2csc(=Nc3ccccc3F)n2N=Cc2c[nH]c3ccccc23)cc1. The number of benzene rings is 3. The number of rotatable bonds is 4. The molecule has 0 atom stereocenters. The Morgan fingerprint density at radius 2 is 1.68 bits per heavy atom. The monoisotopic (exact) mass is 430 g/mol. The van der Waals surface area contributed by atoms with E-state index >= 15 is 0 Å². The molecule has 3 aromatic carbocycles. The number of para-hydroxylation sites is 2. The lowest BCUT2D eigenvalue weighted by Gasteiger charge is -2.04. The maximum Gasteiger partial charge on any atom is 0.211 e. The van der Waals surface area contributed by atoms with Crippen molar-refractivity contribution in [1.82, 2.24) is 9.66 Å². The molecule has 0 saturated carbocycles. The number of hydrogen-bond acceptors (Lipinski definition) is 3. The zero-order valence-corrected chi connectivity index (χ0v) is 17.0. The van der Waals surface area contributed by atoms with Gasteiger partial charge in [-0.25, -0.2) is 18.4 Å². The van der Waals surface area contributed by atoms with Crippen molar-refractivity contribution in [3.8, 4) is 11.3 Å². The fourth-order valence-electron chi connectivity index (χ4n) is 3.27. The first-order valence-electron chi connectivity index (χ1n) is 9.55. The lowest BCUT2D eigenvalue weighted by molar-refractivity contribution is 0.627. The molecule has 2 aromatic heterocycles. The Morgan fingerprint density at radius 1 is 0.903 bits per heavy atom. The predicted molar refractivity (Wildman–Crippen MR) is 121 cm³/mol. The van der Waals surface area contributed by atoms with E-state index in [0.717, 1.165) is 27.7 Å². The summed E-state index contributed by atoms with van der Waals surface area (Å²) in [6.07, 6.45) is 3.62. The number of fused-ring (bicyclic) bond motifs is 1. The molecule has 0 amide bonds. The molecule has 0 spiro atoms. The molecule has 5 aromatic rings. The van der Waals surface area contributed by atoms with E-state index in [0.29, 0.717) is 4.80 Å². The Kier molecular flexibility index (Phi) is 5.01. The van der Waals surface area contributed by atoms with Gasteiger partial charge in [-0.2, -0.15) is 5.10 Å². The van der Waals surface area contributed by atoms with Crippen molar-refractivity contribution in [3.05, 3.63) is 106 Å². The highest BCUT2D eigenvalue weighted by Crippen LogP contribution is 2.23. The highest BCUT2D eigenvalue weighted by Gasteiger charge is 2.09. The molecule has 152 valence electrons. The Labute approximate surface area is 180 Å². The van der Waals surface area contributed by atoms with Crippen molar-refractivity contribution >= 4 is 34.1 Å². The van der Waals surface area contributed by atoms with Crippen molar-refractivity contribution < 1.29 is 8.78 Å². The van der Waals surface area contributed by atoms with Gasteiger partial charge >= 0.3 is 0 Å². The molecule has 31 heavy (non-hydrogen) atoms. The van der Waals surface area contributed by atoms with Gasteiger partial charge in [0.15, 0.2) is 0 Å². The number of aromatic nitrogens is 2. The van der Waals surface area contributed by atoms with E-state index in [9.17, 15) is 8.78 Å². The molecular formula is C24H16F2N4S. The average molecular weight is 430 g/mol. The van der Waals surface area contributed by atoms with E-state index < -0.39 is 5.82 Å². The van der Waals surface area contributed by atoms with Crippen LogP contribution in [0.5, 0.6) is 0 Å². The third-order valence-electron chi connectivity index (χ3n) is 4.83. The Hall–Kier alpha value is -3.84. The molecule has 0 aliphatic rings. The van der Waals surface area contributed by atoms with Gasteiger partial charge in [0.05, 0.1) is 11.9 Å². The van der Waals surface area contributed by atoms with Crippen molar-refractivity contribution in [2.24, 2.45) is 10.1 Å². The highest BCUT2D eigenvalue weighted by atomic mass is 32.1. The van der Waals surface area contributed by atoms with Gasteiger partial charge in [0.25, 0.3) is 0 Å². The normalized spacial score (nSPS) is 12.3. The minimum Gasteiger partial charge on any atom is -0.361 e. The highest BCUT2D eigenvalue weighted by molar-refractivity contribution is 7.07. The Balaban J connectivity index is 1.66. The van der Waals surface area contributed by atoms with E-state index in [1.54, 1.807) is 41.2 Å². The zero-order valence-electron chi connectivity index (χ0n) is 16.2. The van der Waals surface area contributed by atoms with E-state index in [-0.39, 0.29) is 11.5 Å². The van der Waals surface area contributed by atoms with Crippen molar-refractivity contribution in [1.29, 1.82) is 0 Å². The zero-order chi connectivity index (χ0) is 21.2. The lowest BCUT2D eigenvalue weighted by Crippen LogP contribution is -2.11. The molecule has 0 saturated heterocycles. The molecule has 0 aliphatic carbocycles. The van der Waals surface area contributed by atoms with Crippen LogP contribution in [0.1, 0.15) is 5.56 Å². The summed E-state index contributed by atoms with van der Waals surface area (Å²) in [6, 6.07) is 20.4. The average Bonchev–Trinajstić information content (AvgIpc) is 3.38. The summed E-state index contributed by atoms with van der Waals surface area (Å²) in [5.74, 6) is -0.726. The number of halogens is 2. The van der Waals surface area contributed by atoms with Gasteiger partial charge in [0, 0.05) is 33.6 Å². The van der Waals surface area contributed by atoms with Crippen LogP contribution in [0.3, 0.4) is 0 Å². The van der Waals surface area contributed by atoms with Crippen LogP contribution >= 0.6 is 11.3 Å². The van der Waals surface area contributed by atoms with Gasteiger partial charge in [-0.05, 0) is 42.5 Å². The molecule has 7 heteroatoms. The number of thiazole rings is 1. The summed E-state index contributed by atoms with van der Waals surface area (Å²) >= 11 is 1.33. The first-order valence-corrected chi connectivity index (χ1v) is 10.4. The maximum absolute atomic E-state index is 14.2. The van der Waals surface area contributed by atoms with E-state index in [4.69, 9.17) is 0 Å². The molecule has 5 rings (SSSR count). The molecule has 1 N–H and O–H groups in total. The quantitative estimate of drug-likeness (QED) is 0.335. The maximum atomic E-state index is 14.2. The Bertz CT molecular complexity index is 1460. The molecule has 4 nitrogen and oxygen atoms in total. The lowest BCUT2D eigenvalue weighted by atomic mass is 10.2. The molecule has 0 radical (unpaired) electrons. The fourth-order valence-corrected chi connectivity index (χ4v) is 4.12. The molecule has 0 unspecified atom stereocenters. The summed E-state index contributed by atoms with van der Waals surface area (Å²) in [5, 5.41) is 7.57. The minimum atomic E-state index is -0.411. The minimum absolute atomic E-state index is 0.228. The van der Waals surface area contributed by atoms with E-state index in [1.165, 1.54) is 29.5 Å². The van der Waals surface area contributed by atoms with Gasteiger partial charge in [0.2, 0.25) is 4.80 Å². The number of aromatic amines is 1. The van der Waals surface area contributed by atoms with Crippen LogP contribution < -0.4 is 4.80 Å². The van der Waals surface area contributed by atoms with E-state index in [1.807, 2.05) is 35.8 Å². The number of H-pyrrole nitrogens is 1. The standard InChI is InChI=1S/C24H16F2N4S/c25-18-11-9-16(10-12-18)23-15-31-24(29-22-8-4-2-6-20(22)26)30(23)28-14-17-13-27-21-7-3-1-5-19(17)21/h1-15,27H. The predicted octanol–water partition coefficient (Wildman–Crippen LogP) is 6.09. The van der Waals surface area contributed by atoms with E-state index in [2.05, 4.69) is 15.1 Å². The molecule has 0 bridgehead atoms. The molecular weight excluding hydrogens is 414 g/mol. The number of nitrogens with zero attached hydrogens (tertiary/aromatic N) is 3.